The van der Waals surface area contributed by atoms with Gasteiger partial charge in [0, 0.05) is 11.7 Å². The molecule has 2 aromatic carbocycles. The molecule has 2 aromatic rings. The third-order valence-electron chi connectivity index (χ3n) is 5.18. The SMILES string of the molecule is CCOC(=O)c1cccc(NC(=O)C[C@@H]2C(=O)N(c3ccc(OC)cc3)C(=O)N2C(C)C)c1. The van der Waals surface area contributed by atoms with Crippen molar-refractivity contribution in [2.45, 2.75) is 39.3 Å². The first-order valence-corrected chi connectivity index (χ1v) is 10.6. The summed E-state index contributed by atoms with van der Waals surface area (Å²) in [6.07, 6.45) is -0.223. The minimum absolute atomic E-state index is 0.223. The zero-order chi connectivity index (χ0) is 24.1. The van der Waals surface area contributed by atoms with Gasteiger partial charge in [-0.3, -0.25) is 9.59 Å². The van der Waals surface area contributed by atoms with Gasteiger partial charge in [0.25, 0.3) is 5.91 Å². The lowest BCUT2D eigenvalue weighted by Gasteiger charge is -2.25. The molecule has 1 fully saturated rings. The fraction of sp³-hybridized carbons (Fsp3) is 0.333. The van der Waals surface area contributed by atoms with Gasteiger partial charge in [-0.15, -0.1) is 0 Å². The van der Waals surface area contributed by atoms with Gasteiger partial charge < -0.3 is 19.7 Å². The Balaban J connectivity index is 1.77. The number of imide groups is 1. The number of carbonyl (C=O) groups is 4. The van der Waals surface area contributed by atoms with E-state index in [1.165, 1.54) is 18.1 Å². The molecule has 9 heteroatoms. The van der Waals surface area contributed by atoms with Gasteiger partial charge >= 0.3 is 12.0 Å². The molecule has 0 spiro atoms. The summed E-state index contributed by atoms with van der Waals surface area (Å²) in [6, 6.07) is 11.2. The predicted molar refractivity (Wildman–Crippen MR) is 122 cm³/mol. The molecule has 1 aliphatic rings. The van der Waals surface area contributed by atoms with Crippen LogP contribution in [0.5, 0.6) is 5.75 Å². The summed E-state index contributed by atoms with van der Waals surface area (Å²) < 4.78 is 10.1. The molecule has 33 heavy (non-hydrogen) atoms. The Morgan fingerprint density at radius 1 is 1.09 bits per heavy atom. The Labute approximate surface area is 192 Å². The summed E-state index contributed by atoms with van der Waals surface area (Å²) in [5, 5.41) is 2.70. The van der Waals surface area contributed by atoms with Crippen molar-refractivity contribution in [3.63, 3.8) is 0 Å². The zero-order valence-corrected chi connectivity index (χ0v) is 19.0. The van der Waals surface area contributed by atoms with Crippen molar-refractivity contribution in [1.29, 1.82) is 0 Å². The first-order chi connectivity index (χ1) is 15.8. The second-order valence-electron chi connectivity index (χ2n) is 7.72. The Morgan fingerprint density at radius 2 is 1.79 bits per heavy atom. The maximum absolute atomic E-state index is 13.2. The predicted octanol–water partition coefficient (Wildman–Crippen LogP) is 3.45. The van der Waals surface area contributed by atoms with E-state index in [2.05, 4.69) is 5.32 Å². The van der Waals surface area contributed by atoms with Crippen molar-refractivity contribution >= 4 is 35.2 Å². The Bertz CT molecular complexity index is 1050. The first kappa shape index (κ1) is 23.8. The van der Waals surface area contributed by atoms with Crippen molar-refractivity contribution in [1.82, 2.24) is 4.90 Å². The smallest absolute Gasteiger partial charge is 0.338 e. The van der Waals surface area contributed by atoms with Crippen molar-refractivity contribution in [2.75, 3.05) is 23.9 Å². The molecule has 0 aromatic heterocycles. The molecule has 1 atom stereocenters. The minimum Gasteiger partial charge on any atom is -0.497 e. The number of nitrogens with zero attached hydrogens (tertiary/aromatic N) is 2. The summed E-state index contributed by atoms with van der Waals surface area (Å²) in [6.45, 7) is 5.52. The largest absolute Gasteiger partial charge is 0.497 e. The molecule has 9 nitrogen and oxygen atoms in total. The molecule has 1 N–H and O–H groups in total. The summed E-state index contributed by atoms with van der Waals surface area (Å²) in [7, 11) is 1.53. The Hall–Kier alpha value is -3.88. The third-order valence-corrected chi connectivity index (χ3v) is 5.18. The topological polar surface area (TPSA) is 105 Å². The molecule has 1 heterocycles. The van der Waals surface area contributed by atoms with E-state index in [0.717, 1.165) is 4.90 Å². The van der Waals surface area contributed by atoms with Gasteiger partial charge in [-0.25, -0.2) is 14.5 Å². The van der Waals surface area contributed by atoms with E-state index in [9.17, 15) is 19.2 Å². The summed E-state index contributed by atoms with van der Waals surface area (Å²) in [5.74, 6) is -0.829. The van der Waals surface area contributed by atoms with E-state index in [1.807, 2.05) is 0 Å². The van der Waals surface area contributed by atoms with Gasteiger partial charge in [0.15, 0.2) is 0 Å². The summed E-state index contributed by atoms with van der Waals surface area (Å²) in [5.41, 5.74) is 1.10. The number of carbonyl (C=O) groups excluding carboxylic acids is 4. The van der Waals surface area contributed by atoms with Crippen molar-refractivity contribution in [3.8, 4) is 5.75 Å². The lowest BCUT2D eigenvalue weighted by Crippen LogP contribution is -2.42. The van der Waals surface area contributed by atoms with Gasteiger partial charge in [0.1, 0.15) is 11.8 Å². The van der Waals surface area contributed by atoms with Crippen molar-refractivity contribution in [2.24, 2.45) is 0 Å². The highest BCUT2D eigenvalue weighted by Crippen LogP contribution is 2.30. The summed E-state index contributed by atoms with van der Waals surface area (Å²) >= 11 is 0. The van der Waals surface area contributed by atoms with Gasteiger partial charge in [-0.1, -0.05) is 6.07 Å². The molecule has 1 saturated heterocycles. The van der Waals surface area contributed by atoms with Crippen LogP contribution < -0.4 is 15.0 Å². The van der Waals surface area contributed by atoms with Crippen LogP contribution in [0.25, 0.3) is 0 Å². The van der Waals surface area contributed by atoms with Gasteiger partial charge in [0.2, 0.25) is 5.91 Å². The number of anilines is 2. The van der Waals surface area contributed by atoms with Gasteiger partial charge in [-0.2, -0.15) is 0 Å². The van der Waals surface area contributed by atoms with Crippen LogP contribution in [0.3, 0.4) is 0 Å². The highest BCUT2D eigenvalue weighted by molar-refractivity contribution is 6.22. The van der Waals surface area contributed by atoms with E-state index in [1.54, 1.807) is 63.2 Å². The van der Waals surface area contributed by atoms with Crippen molar-refractivity contribution < 1.29 is 28.7 Å². The molecular weight excluding hydrogens is 426 g/mol. The van der Waals surface area contributed by atoms with E-state index >= 15 is 0 Å². The first-order valence-electron chi connectivity index (χ1n) is 10.6. The third kappa shape index (κ3) is 5.14. The van der Waals surface area contributed by atoms with Crippen LogP contribution in [0.2, 0.25) is 0 Å². The fourth-order valence-corrected chi connectivity index (χ4v) is 3.67. The number of nitrogens with one attached hydrogen (secondary N) is 1. The zero-order valence-electron chi connectivity index (χ0n) is 19.0. The van der Waals surface area contributed by atoms with Crippen molar-refractivity contribution in [3.05, 3.63) is 54.1 Å². The second kappa shape index (κ2) is 10.2. The molecule has 0 saturated carbocycles. The standard InChI is InChI=1S/C24H27N3O6/c1-5-33-23(30)16-7-6-8-17(13-16)25-21(28)14-20-22(29)27(24(31)26(20)15(2)3)18-9-11-19(32-4)12-10-18/h6-13,15,20H,5,14H2,1-4H3,(H,25,28)/t20-/m1/s1. The number of amides is 4. The van der Waals surface area contributed by atoms with Crippen LogP contribution in [0.1, 0.15) is 37.6 Å². The number of benzene rings is 2. The van der Waals surface area contributed by atoms with E-state index in [0.29, 0.717) is 22.7 Å². The fourth-order valence-electron chi connectivity index (χ4n) is 3.67. The highest BCUT2D eigenvalue weighted by Gasteiger charge is 2.47. The quantitative estimate of drug-likeness (QED) is 0.485. The molecule has 0 aliphatic carbocycles. The average molecular weight is 453 g/mol. The van der Waals surface area contributed by atoms with Gasteiger partial charge in [-0.05, 0) is 63.2 Å². The Kier molecular flexibility index (Phi) is 7.32. The summed E-state index contributed by atoms with van der Waals surface area (Å²) in [4.78, 5) is 53.4. The average Bonchev–Trinajstić information content (AvgIpc) is 3.03. The lowest BCUT2D eigenvalue weighted by atomic mass is 10.1. The number of urea groups is 1. The maximum Gasteiger partial charge on any atom is 0.338 e. The molecule has 174 valence electrons. The second-order valence-corrected chi connectivity index (χ2v) is 7.72. The number of esters is 1. The van der Waals surface area contributed by atoms with E-state index < -0.39 is 29.9 Å². The van der Waals surface area contributed by atoms with Crippen LogP contribution in [0, 0.1) is 0 Å². The number of hydrogen-bond acceptors (Lipinski definition) is 6. The molecule has 0 bridgehead atoms. The molecule has 3 rings (SSSR count). The van der Waals surface area contributed by atoms with E-state index in [-0.39, 0.29) is 19.1 Å². The van der Waals surface area contributed by atoms with Crippen LogP contribution >= 0.6 is 0 Å². The van der Waals surface area contributed by atoms with Crippen LogP contribution in [0.15, 0.2) is 48.5 Å². The maximum atomic E-state index is 13.2. The normalized spacial score (nSPS) is 15.7. The number of hydrogen-bond donors (Lipinski definition) is 1. The van der Waals surface area contributed by atoms with E-state index in [4.69, 9.17) is 9.47 Å². The monoisotopic (exact) mass is 453 g/mol. The lowest BCUT2D eigenvalue weighted by molar-refractivity contribution is -0.124. The van der Waals surface area contributed by atoms with Gasteiger partial charge in [0.05, 0.1) is 31.4 Å². The number of ether oxygens (including phenoxy) is 2. The highest BCUT2D eigenvalue weighted by atomic mass is 16.5. The van der Waals surface area contributed by atoms with Crippen LogP contribution in [-0.4, -0.2) is 54.5 Å². The number of rotatable bonds is 8. The number of methoxy groups -OCH3 is 1. The van der Waals surface area contributed by atoms with Crippen LogP contribution in [0.4, 0.5) is 16.2 Å². The molecule has 0 radical (unpaired) electrons. The molecular formula is C24H27N3O6. The molecule has 1 aliphatic heterocycles. The minimum atomic E-state index is -0.951. The molecule has 4 amide bonds. The molecule has 0 unspecified atom stereocenters. The Morgan fingerprint density at radius 3 is 2.39 bits per heavy atom. The van der Waals surface area contributed by atoms with Crippen LogP contribution in [-0.2, 0) is 14.3 Å².